The van der Waals surface area contributed by atoms with Gasteiger partial charge >= 0.3 is 0 Å². The second-order valence-electron chi connectivity index (χ2n) is 10.8. The van der Waals surface area contributed by atoms with Gasteiger partial charge < -0.3 is 30.0 Å². The first-order valence-electron chi connectivity index (χ1n) is 14.3. The van der Waals surface area contributed by atoms with Crippen LogP contribution in [0.3, 0.4) is 0 Å². The summed E-state index contributed by atoms with van der Waals surface area (Å²) in [7, 11) is 2.79. The van der Waals surface area contributed by atoms with Crippen molar-refractivity contribution in [3.8, 4) is 17.2 Å². The summed E-state index contributed by atoms with van der Waals surface area (Å²) in [6, 6.07) is 8.71. The minimum atomic E-state index is -1.99. The van der Waals surface area contributed by atoms with E-state index in [1.165, 1.54) is 43.4 Å². The lowest BCUT2D eigenvalue weighted by Crippen LogP contribution is -2.53. The van der Waals surface area contributed by atoms with Crippen LogP contribution in [0.1, 0.15) is 48.0 Å². The maximum Gasteiger partial charge on any atom is 0.231 e. The third kappa shape index (κ3) is 6.06. The van der Waals surface area contributed by atoms with E-state index in [0.717, 1.165) is 4.90 Å². The van der Waals surface area contributed by atoms with Crippen molar-refractivity contribution in [3.63, 3.8) is 0 Å². The summed E-state index contributed by atoms with van der Waals surface area (Å²) in [6.07, 6.45) is 3.10. The zero-order valence-corrected chi connectivity index (χ0v) is 27.9. The van der Waals surface area contributed by atoms with E-state index in [0.29, 0.717) is 10.7 Å². The van der Waals surface area contributed by atoms with Crippen molar-refractivity contribution in [2.75, 3.05) is 32.3 Å². The Hall–Kier alpha value is -4.07. The minimum Gasteiger partial charge on any atom is -0.507 e. The van der Waals surface area contributed by atoms with Crippen molar-refractivity contribution in [1.29, 1.82) is 0 Å². The van der Waals surface area contributed by atoms with Gasteiger partial charge in [-0.25, -0.2) is 4.98 Å². The van der Waals surface area contributed by atoms with Gasteiger partial charge in [-0.2, -0.15) is 0 Å². The first-order chi connectivity index (χ1) is 22.0. The number of hydrogen-bond donors (Lipinski definition) is 3. The zero-order valence-electron chi connectivity index (χ0n) is 25.5. The molecule has 3 atom stereocenters. The van der Waals surface area contributed by atoms with E-state index in [2.05, 4.69) is 15.6 Å². The molecule has 2 aliphatic rings. The molecule has 2 heterocycles. The SMILES string of the molecule is COc1cc(OC)c2c(c1Cl)O[C@]1(C2=O)C(O)=C(C(CC(=O)NCCC(=O)Nc2nccs2)c2ccc(SC)cc2)C(=O)C[C@H]1C. The summed E-state index contributed by atoms with van der Waals surface area (Å²) in [6.45, 7) is 1.67. The van der Waals surface area contributed by atoms with Crippen LogP contribution in [0.25, 0.3) is 0 Å². The van der Waals surface area contributed by atoms with Crippen LogP contribution in [0.5, 0.6) is 17.2 Å². The number of thioether (sulfide) groups is 1. The highest BCUT2D eigenvalue weighted by Crippen LogP contribution is 2.55. The van der Waals surface area contributed by atoms with E-state index in [-0.39, 0.29) is 65.1 Å². The Labute approximate surface area is 278 Å². The first kappa shape index (κ1) is 33.3. The molecule has 0 fully saturated rings. The molecule has 5 rings (SSSR count). The van der Waals surface area contributed by atoms with E-state index < -0.39 is 40.7 Å². The Morgan fingerprint density at radius 3 is 2.54 bits per heavy atom. The van der Waals surface area contributed by atoms with Crippen molar-refractivity contribution in [1.82, 2.24) is 10.3 Å². The van der Waals surface area contributed by atoms with Crippen LogP contribution in [0.2, 0.25) is 5.02 Å². The number of Topliss-reactive ketones (excluding diaryl/α,β-unsaturated/α-hetero) is 2. The van der Waals surface area contributed by atoms with Crippen LogP contribution in [0.4, 0.5) is 5.13 Å². The highest BCUT2D eigenvalue weighted by molar-refractivity contribution is 7.98. The van der Waals surface area contributed by atoms with Gasteiger partial charge in [-0.05, 0) is 24.0 Å². The fourth-order valence-electron chi connectivity index (χ4n) is 5.80. The average Bonchev–Trinajstić information content (AvgIpc) is 3.66. The van der Waals surface area contributed by atoms with Crippen LogP contribution >= 0.6 is 34.7 Å². The number of rotatable bonds is 11. The molecule has 14 heteroatoms. The quantitative estimate of drug-likeness (QED) is 0.218. The zero-order chi connectivity index (χ0) is 33.2. The number of aliphatic hydroxyl groups is 1. The number of thiazole rings is 1. The molecule has 3 N–H and O–H groups in total. The molecule has 0 saturated carbocycles. The van der Waals surface area contributed by atoms with Gasteiger partial charge in [0.2, 0.25) is 23.2 Å². The molecular weight excluding hydrogens is 654 g/mol. The molecule has 0 bridgehead atoms. The Bertz CT molecular complexity index is 1710. The third-order valence-corrected chi connectivity index (χ3v) is 9.91. The fraction of sp³-hybridized carbons (Fsp3) is 0.344. The summed E-state index contributed by atoms with van der Waals surface area (Å²) in [4.78, 5) is 58.5. The molecule has 1 spiro atoms. The van der Waals surface area contributed by atoms with Gasteiger partial charge in [0.1, 0.15) is 22.1 Å². The number of ether oxygens (including phenoxy) is 3. The monoisotopic (exact) mass is 685 g/mol. The maximum absolute atomic E-state index is 14.2. The van der Waals surface area contributed by atoms with Crippen molar-refractivity contribution in [3.05, 3.63) is 69.4 Å². The van der Waals surface area contributed by atoms with E-state index in [9.17, 15) is 24.3 Å². The minimum absolute atomic E-state index is 0.00142. The number of amides is 2. The molecule has 46 heavy (non-hydrogen) atoms. The predicted octanol–water partition coefficient (Wildman–Crippen LogP) is 5.59. The molecule has 2 aromatic carbocycles. The number of methoxy groups -OCH3 is 2. The number of nitrogens with zero attached hydrogens (tertiary/aromatic N) is 1. The number of benzene rings is 2. The lowest BCUT2D eigenvalue weighted by molar-refractivity contribution is -0.121. The lowest BCUT2D eigenvalue weighted by atomic mass is 9.69. The molecular formula is C32H32ClN3O8S2. The fourth-order valence-corrected chi connectivity index (χ4v) is 7.02. The predicted molar refractivity (Wildman–Crippen MR) is 175 cm³/mol. The van der Waals surface area contributed by atoms with Gasteiger partial charge in [0.15, 0.2) is 22.4 Å². The molecule has 0 radical (unpaired) electrons. The number of hydrogen-bond acceptors (Lipinski definition) is 11. The second kappa shape index (κ2) is 13.7. The number of ketones is 2. The van der Waals surface area contributed by atoms with Crippen molar-refractivity contribution >= 4 is 63.2 Å². The topological polar surface area (TPSA) is 153 Å². The lowest BCUT2D eigenvalue weighted by Gasteiger charge is -2.38. The van der Waals surface area contributed by atoms with Crippen LogP contribution in [-0.2, 0) is 14.4 Å². The molecule has 0 saturated heterocycles. The molecule has 1 unspecified atom stereocenters. The Balaban J connectivity index is 1.50. The van der Waals surface area contributed by atoms with Gasteiger partial charge in [0, 0.05) is 65.8 Å². The van der Waals surface area contributed by atoms with Gasteiger partial charge in [-0.15, -0.1) is 23.1 Å². The van der Waals surface area contributed by atoms with Gasteiger partial charge in [0.05, 0.1) is 14.2 Å². The number of halogens is 1. The smallest absolute Gasteiger partial charge is 0.231 e. The normalized spacial score (nSPS) is 19.5. The number of aliphatic hydroxyl groups excluding tert-OH is 1. The summed E-state index contributed by atoms with van der Waals surface area (Å²) in [5.74, 6) is -3.82. The summed E-state index contributed by atoms with van der Waals surface area (Å²) in [5.41, 5.74) is -1.49. The van der Waals surface area contributed by atoms with Crippen molar-refractivity contribution in [2.24, 2.45) is 5.92 Å². The van der Waals surface area contributed by atoms with Crippen LogP contribution in [0.15, 0.2) is 58.1 Å². The summed E-state index contributed by atoms with van der Waals surface area (Å²) in [5, 5.41) is 19.6. The van der Waals surface area contributed by atoms with E-state index in [4.69, 9.17) is 25.8 Å². The average molecular weight is 686 g/mol. The van der Waals surface area contributed by atoms with Gasteiger partial charge in [0.25, 0.3) is 0 Å². The number of carbonyl (C=O) groups is 4. The number of nitrogens with one attached hydrogen (secondary N) is 2. The first-order valence-corrected chi connectivity index (χ1v) is 16.8. The van der Waals surface area contributed by atoms with Gasteiger partial charge in [-0.1, -0.05) is 30.7 Å². The number of fused-ring (bicyclic) bond motifs is 1. The number of aromatic nitrogens is 1. The Morgan fingerprint density at radius 1 is 1.20 bits per heavy atom. The van der Waals surface area contributed by atoms with Crippen LogP contribution in [-0.4, -0.2) is 66.1 Å². The van der Waals surface area contributed by atoms with Crippen LogP contribution in [0, 0.1) is 5.92 Å². The summed E-state index contributed by atoms with van der Waals surface area (Å²) >= 11 is 9.37. The summed E-state index contributed by atoms with van der Waals surface area (Å²) < 4.78 is 17.1. The maximum atomic E-state index is 14.2. The molecule has 1 aliphatic heterocycles. The van der Waals surface area contributed by atoms with E-state index in [1.807, 2.05) is 18.4 Å². The number of carbonyl (C=O) groups excluding carboxylic acids is 4. The highest BCUT2D eigenvalue weighted by Gasteiger charge is 2.61. The van der Waals surface area contributed by atoms with Crippen molar-refractivity contribution < 1.29 is 38.5 Å². The van der Waals surface area contributed by atoms with Crippen molar-refractivity contribution in [2.45, 2.75) is 42.6 Å². The second-order valence-corrected chi connectivity index (χ2v) is 12.9. The number of anilines is 1. The standard InChI is InChI=1S/C32H32ClN3O8S2/c1-16-13-20(37)25(29(40)32(16)30(41)26-21(42-2)15-22(43-3)27(33)28(26)44-32)19(17-5-7-18(45-4)8-6-17)14-24(39)34-10-9-23(38)36-31-35-11-12-46-31/h5-8,11-12,15-16,19,40H,9-10,13-14H2,1-4H3,(H,34,39)(H,35,36,38)/t16-,19?,32+/m1/s1. The third-order valence-electron chi connectivity index (χ3n) is 8.12. The van der Waals surface area contributed by atoms with E-state index >= 15 is 0 Å². The van der Waals surface area contributed by atoms with Gasteiger partial charge in [-0.3, -0.25) is 19.2 Å². The Morgan fingerprint density at radius 2 is 1.91 bits per heavy atom. The molecule has 3 aromatic rings. The Kier molecular flexibility index (Phi) is 9.94. The molecule has 1 aliphatic carbocycles. The van der Waals surface area contributed by atoms with Crippen LogP contribution < -0.4 is 24.8 Å². The largest absolute Gasteiger partial charge is 0.507 e. The molecule has 2 amide bonds. The highest BCUT2D eigenvalue weighted by atomic mass is 35.5. The molecule has 242 valence electrons. The molecule has 1 aromatic heterocycles. The van der Waals surface area contributed by atoms with E-state index in [1.54, 1.807) is 30.6 Å². The molecule has 11 nitrogen and oxygen atoms in total. The number of allylic oxidation sites excluding steroid dienone is 1.